The first kappa shape index (κ1) is 11.1. The molecule has 0 N–H and O–H groups in total. The summed E-state index contributed by atoms with van der Waals surface area (Å²) in [7, 11) is -3.17. The van der Waals surface area contributed by atoms with Gasteiger partial charge in [0, 0.05) is 18.5 Å². The van der Waals surface area contributed by atoms with Gasteiger partial charge in [-0.2, -0.15) is 4.31 Å². The van der Waals surface area contributed by atoms with Gasteiger partial charge in [-0.3, -0.25) is 0 Å². The Morgan fingerprint density at radius 2 is 1.60 bits per heavy atom. The van der Waals surface area contributed by atoms with E-state index in [-0.39, 0.29) is 0 Å². The lowest BCUT2D eigenvalue weighted by atomic mass is 9.78. The quantitative estimate of drug-likeness (QED) is 0.727. The second-order valence-corrected chi connectivity index (χ2v) is 6.70. The normalized spacial score (nSPS) is 26.9. The standard InChI is InChI=1S/C11H19NO2S/c1-2-15(13,14)12-9-7-11(8-10-12)5-3-4-6-11/h2H,1,3-10H2. The highest BCUT2D eigenvalue weighted by Gasteiger charge is 2.38. The molecule has 2 rings (SSSR count). The van der Waals surface area contributed by atoms with Crippen molar-refractivity contribution < 1.29 is 8.42 Å². The van der Waals surface area contributed by atoms with E-state index in [0.717, 1.165) is 18.2 Å². The Balaban J connectivity index is 2.00. The Morgan fingerprint density at radius 1 is 1.07 bits per heavy atom. The van der Waals surface area contributed by atoms with Crippen LogP contribution in [0.3, 0.4) is 0 Å². The minimum Gasteiger partial charge on any atom is -0.208 e. The molecule has 3 nitrogen and oxygen atoms in total. The Bertz CT molecular complexity index is 332. The smallest absolute Gasteiger partial charge is 0.208 e. The molecule has 0 atom stereocenters. The van der Waals surface area contributed by atoms with Gasteiger partial charge >= 0.3 is 0 Å². The zero-order valence-electron chi connectivity index (χ0n) is 9.11. The first-order chi connectivity index (χ1) is 7.08. The molecule has 1 saturated carbocycles. The summed E-state index contributed by atoms with van der Waals surface area (Å²) in [5, 5.41) is 1.07. The van der Waals surface area contributed by atoms with E-state index in [1.54, 1.807) is 4.31 Å². The number of hydrogen-bond acceptors (Lipinski definition) is 2. The molecule has 2 aliphatic rings. The third kappa shape index (κ3) is 2.11. The maximum Gasteiger partial charge on any atom is 0.235 e. The van der Waals surface area contributed by atoms with Gasteiger partial charge in [0.05, 0.1) is 0 Å². The molecule has 2 fully saturated rings. The lowest BCUT2D eigenvalue weighted by molar-refractivity contribution is 0.161. The Kier molecular flexibility index (Phi) is 2.90. The highest BCUT2D eigenvalue weighted by Crippen LogP contribution is 2.46. The highest BCUT2D eigenvalue weighted by atomic mass is 32.2. The highest BCUT2D eigenvalue weighted by molar-refractivity contribution is 7.92. The first-order valence-electron chi connectivity index (χ1n) is 5.71. The van der Waals surface area contributed by atoms with Crippen molar-refractivity contribution >= 4 is 10.0 Å². The van der Waals surface area contributed by atoms with E-state index in [4.69, 9.17) is 0 Å². The molecule has 1 aliphatic heterocycles. The summed E-state index contributed by atoms with van der Waals surface area (Å²) in [4.78, 5) is 0. The molecule has 1 spiro atoms. The lowest BCUT2D eigenvalue weighted by Crippen LogP contribution is -2.41. The Morgan fingerprint density at radius 3 is 2.07 bits per heavy atom. The number of hydrogen-bond donors (Lipinski definition) is 0. The zero-order chi connectivity index (χ0) is 10.9. The van der Waals surface area contributed by atoms with Gasteiger partial charge in [0.25, 0.3) is 0 Å². The second-order valence-electron chi connectivity index (χ2n) is 4.82. The van der Waals surface area contributed by atoms with Crippen molar-refractivity contribution in [2.45, 2.75) is 38.5 Å². The van der Waals surface area contributed by atoms with Crippen molar-refractivity contribution in [3.63, 3.8) is 0 Å². The Labute approximate surface area is 92.2 Å². The van der Waals surface area contributed by atoms with Crippen molar-refractivity contribution in [3.05, 3.63) is 12.0 Å². The first-order valence-corrected chi connectivity index (χ1v) is 7.21. The molecule has 0 amide bonds. The van der Waals surface area contributed by atoms with Gasteiger partial charge in [-0.25, -0.2) is 8.42 Å². The van der Waals surface area contributed by atoms with Crippen LogP contribution < -0.4 is 0 Å². The molecular weight excluding hydrogens is 210 g/mol. The van der Waals surface area contributed by atoms with E-state index in [2.05, 4.69) is 6.58 Å². The predicted octanol–water partition coefficient (Wildman–Crippen LogP) is 2.12. The maximum atomic E-state index is 11.6. The minimum atomic E-state index is -3.17. The van der Waals surface area contributed by atoms with E-state index >= 15 is 0 Å². The van der Waals surface area contributed by atoms with Crippen LogP contribution in [-0.2, 0) is 10.0 Å². The van der Waals surface area contributed by atoms with Crippen LogP contribution in [0.1, 0.15) is 38.5 Å². The fourth-order valence-corrected chi connectivity index (χ4v) is 3.85. The molecule has 0 aromatic heterocycles. The van der Waals surface area contributed by atoms with Crippen molar-refractivity contribution in [1.29, 1.82) is 0 Å². The summed E-state index contributed by atoms with van der Waals surface area (Å²) >= 11 is 0. The summed E-state index contributed by atoms with van der Waals surface area (Å²) in [6.45, 7) is 4.74. The molecule has 1 saturated heterocycles. The Hall–Kier alpha value is -0.350. The average molecular weight is 229 g/mol. The molecule has 0 radical (unpaired) electrons. The van der Waals surface area contributed by atoms with Crippen LogP contribution in [0, 0.1) is 5.41 Å². The van der Waals surface area contributed by atoms with E-state index in [0.29, 0.717) is 18.5 Å². The van der Waals surface area contributed by atoms with Crippen molar-refractivity contribution in [3.8, 4) is 0 Å². The van der Waals surface area contributed by atoms with Crippen molar-refractivity contribution in [2.75, 3.05) is 13.1 Å². The largest absolute Gasteiger partial charge is 0.235 e. The van der Waals surface area contributed by atoms with Crippen LogP contribution in [0.2, 0.25) is 0 Å². The molecule has 1 heterocycles. The van der Waals surface area contributed by atoms with Gasteiger partial charge in [-0.1, -0.05) is 19.4 Å². The van der Waals surface area contributed by atoms with E-state index in [1.807, 2.05) is 0 Å². The van der Waals surface area contributed by atoms with Gasteiger partial charge in [-0.05, 0) is 31.1 Å². The van der Waals surface area contributed by atoms with Crippen LogP contribution in [-0.4, -0.2) is 25.8 Å². The van der Waals surface area contributed by atoms with Crippen LogP contribution in [0.5, 0.6) is 0 Å². The van der Waals surface area contributed by atoms with Gasteiger partial charge < -0.3 is 0 Å². The monoisotopic (exact) mass is 229 g/mol. The summed E-state index contributed by atoms with van der Waals surface area (Å²) in [5.74, 6) is 0. The summed E-state index contributed by atoms with van der Waals surface area (Å²) in [6, 6.07) is 0. The molecule has 0 aromatic carbocycles. The number of sulfonamides is 1. The molecular formula is C11H19NO2S. The molecule has 0 bridgehead atoms. The summed E-state index contributed by atoms with van der Waals surface area (Å²) < 4.78 is 24.7. The molecule has 0 aromatic rings. The van der Waals surface area contributed by atoms with Gasteiger partial charge in [-0.15, -0.1) is 0 Å². The van der Waals surface area contributed by atoms with Crippen LogP contribution in [0.25, 0.3) is 0 Å². The minimum absolute atomic E-state index is 0.479. The van der Waals surface area contributed by atoms with E-state index in [9.17, 15) is 8.42 Å². The molecule has 86 valence electrons. The van der Waals surface area contributed by atoms with Crippen molar-refractivity contribution in [1.82, 2.24) is 4.31 Å². The third-order valence-electron chi connectivity index (χ3n) is 4.02. The van der Waals surface area contributed by atoms with Gasteiger partial charge in [0.2, 0.25) is 10.0 Å². The number of rotatable bonds is 2. The fourth-order valence-electron chi connectivity index (χ4n) is 2.95. The van der Waals surface area contributed by atoms with Gasteiger partial charge in [0.15, 0.2) is 0 Å². The van der Waals surface area contributed by atoms with Crippen molar-refractivity contribution in [2.24, 2.45) is 5.41 Å². The summed E-state index contributed by atoms with van der Waals surface area (Å²) in [5.41, 5.74) is 0.479. The van der Waals surface area contributed by atoms with E-state index < -0.39 is 10.0 Å². The molecule has 4 heteroatoms. The number of nitrogens with zero attached hydrogens (tertiary/aromatic N) is 1. The van der Waals surface area contributed by atoms with E-state index in [1.165, 1.54) is 25.7 Å². The third-order valence-corrected chi connectivity index (χ3v) is 5.52. The lowest BCUT2D eigenvalue weighted by Gasteiger charge is -2.38. The fraction of sp³-hybridized carbons (Fsp3) is 0.818. The number of piperidine rings is 1. The van der Waals surface area contributed by atoms with Gasteiger partial charge in [0.1, 0.15) is 0 Å². The summed E-state index contributed by atoms with van der Waals surface area (Å²) in [6.07, 6.45) is 7.34. The molecule has 1 aliphatic carbocycles. The molecule has 0 unspecified atom stereocenters. The van der Waals surface area contributed by atoms with Crippen LogP contribution in [0.15, 0.2) is 12.0 Å². The van der Waals surface area contributed by atoms with Crippen LogP contribution in [0.4, 0.5) is 0 Å². The topological polar surface area (TPSA) is 37.4 Å². The molecule has 15 heavy (non-hydrogen) atoms. The van der Waals surface area contributed by atoms with Crippen LogP contribution >= 0.6 is 0 Å². The predicted molar refractivity (Wildman–Crippen MR) is 60.8 cm³/mol. The SMILES string of the molecule is C=CS(=O)(=O)N1CCC2(CCCC2)CC1. The second kappa shape index (κ2) is 3.91. The zero-order valence-corrected chi connectivity index (χ0v) is 9.93. The maximum absolute atomic E-state index is 11.6. The average Bonchev–Trinajstić information content (AvgIpc) is 2.67.